The van der Waals surface area contributed by atoms with Crippen LogP contribution in [0.1, 0.15) is 11.3 Å². The van der Waals surface area contributed by atoms with Crippen LogP contribution in [0.25, 0.3) is 10.6 Å². The van der Waals surface area contributed by atoms with Crippen LogP contribution in [0, 0.1) is 5.82 Å². The first-order chi connectivity index (χ1) is 10.2. The second-order valence-corrected chi connectivity index (χ2v) is 6.00. The van der Waals surface area contributed by atoms with Crippen molar-refractivity contribution in [1.82, 2.24) is 14.8 Å². The van der Waals surface area contributed by atoms with Crippen LogP contribution in [0.15, 0.2) is 36.0 Å². The van der Waals surface area contributed by atoms with E-state index in [1.807, 2.05) is 11.4 Å². The van der Waals surface area contributed by atoms with Gasteiger partial charge in [0.1, 0.15) is 10.8 Å². The van der Waals surface area contributed by atoms with Gasteiger partial charge in [-0.25, -0.2) is 9.37 Å². The minimum atomic E-state index is -0.290. The van der Waals surface area contributed by atoms with Crippen molar-refractivity contribution in [1.29, 1.82) is 0 Å². The van der Waals surface area contributed by atoms with Crippen molar-refractivity contribution in [3.63, 3.8) is 0 Å². The molecule has 0 bridgehead atoms. The van der Waals surface area contributed by atoms with Gasteiger partial charge in [0, 0.05) is 22.7 Å². The number of rotatable bonds is 4. The fraction of sp³-hybridized carbons (Fsp3) is 0.143. The van der Waals surface area contributed by atoms with Gasteiger partial charge in [-0.2, -0.15) is 5.10 Å². The summed E-state index contributed by atoms with van der Waals surface area (Å²) in [7, 11) is 0. The average Bonchev–Trinajstić information content (AvgIpc) is 3.10. The summed E-state index contributed by atoms with van der Waals surface area (Å²) in [5.74, 6) is 0.0682. The van der Waals surface area contributed by atoms with Crippen LogP contribution in [-0.4, -0.2) is 14.8 Å². The van der Waals surface area contributed by atoms with Gasteiger partial charge in [-0.05, 0) is 6.07 Å². The first-order valence-corrected chi connectivity index (χ1v) is 7.92. The Bertz CT molecular complexity index is 769. The molecule has 1 aromatic carbocycles. The van der Waals surface area contributed by atoms with E-state index < -0.39 is 0 Å². The van der Waals surface area contributed by atoms with Gasteiger partial charge in [-0.3, -0.25) is 4.68 Å². The molecule has 0 radical (unpaired) electrons. The number of halogens is 3. The van der Waals surface area contributed by atoms with E-state index in [0.29, 0.717) is 23.0 Å². The van der Waals surface area contributed by atoms with Gasteiger partial charge in [-0.1, -0.05) is 23.7 Å². The summed E-state index contributed by atoms with van der Waals surface area (Å²) < 4.78 is 15.8. The molecule has 7 heteroatoms. The Morgan fingerprint density at radius 3 is 2.81 bits per heavy atom. The normalized spacial score (nSPS) is 11.0. The maximum Gasteiger partial charge on any atom is 0.128 e. The first-order valence-electron chi connectivity index (χ1n) is 6.13. The molecule has 0 amide bonds. The molecule has 3 rings (SSSR count). The minimum absolute atomic E-state index is 0.290. The number of hydrogen-bond donors (Lipinski definition) is 0. The molecule has 21 heavy (non-hydrogen) atoms. The highest BCUT2D eigenvalue weighted by Gasteiger charge is 2.09. The van der Waals surface area contributed by atoms with Crippen LogP contribution in [0.3, 0.4) is 0 Å². The third-order valence-corrected chi connectivity index (χ3v) is 4.33. The molecule has 0 N–H and O–H groups in total. The van der Waals surface area contributed by atoms with Crippen molar-refractivity contribution in [3.05, 3.63) is 58.1 Å². The Labute approximate surface area is 135 Å². The number of benzene rings is 1. The number of alkyl halides is 1. The molecule has 3 nitrogen and oxygen atoms in total. The molecular weight excluding hydrogens is 332 g/mol. The third kappa shape index (κ3) is 3.26. The molecule has 108 valence electrons. The molecule has 2 aromatic heterocycles. The lowest BCUT2D eigenvalue weighted by molar-refractivity contribution is 0.585. The third-order valence-electron chi connectivity index (χ3n) is 2.92. The molecule has 0 aliphatic heterocycles. The number of nitrogens with zero attached hydrogens (tertiary/aromatic N) is 3. The summed E-state index contributed by atoms with van der Waals surface area (Å²) in [4.78, 5) is 4.34. The summed E-state index contributed by atoms with van der Waals surface area (Å²) in [6.07, 6.45) is 3.18. The predicted molar refractivity (Wildman–Crippen MR) is 83.4 cm³/mol. The Morgan fingerprint density at radius 2 is 2.19 bits per heavy atom. The second-order valence-electron chi connectivity index (χ2n) is 4.44. The lowest BCUT2D eigenvalue weighted by Gasteiger charge is -2.05. The number of hydrogen-bond acceptors (Lipinski definition) is 3. The highest BCUT2D eigenvalue weighted by molar-refractivity contribution is 7.13. The maximum absolute atomic E-state index is 14.2. The van der Waals surface area contributed by atoms with Gasteiger partial charge in [0.2, 0.25) is 0 Å². The molecule has 2 heterocycles. The highest BCUT2D eigenvalue weighted by atomic mass is 35.5. The highest BCUT2D eigenvalue weighted by Crippen LogP contribution is 2.26. The van der Waals surface area contributed by atoms with E-state index in [4.69, 9.17) is 23.2 Å². The smallest absolute Gasteiger partial charge is 0.128 e. The summed E-state index contributed by atoms with van der Waals surface area (Å²) in [5, 5.41) is 7.21. The van der Waals surface area contributed by atoms with E-state index in [2.05, 4.69) is 10.1 Å². The van der Waals surface area contributed by atoms with E-state index in [0.717, 1.165) is 16.3 Å². The van der Waals surface area contributed by atoms with Gasteiger partial charge in [0.05, 0.1) is 29.3 Å². The summed E-state index contributed by atoms with van der Waals surface area (Å²) >= 11 is 13.0. The number of aromatic nitrogens is 3. The zero-order valence-corrected chi connectivity index (χ0v) is 13.1. The first kappa shape index (κ1) is 14.5. The van der Waals surface area contributed by atoms with Gasteiger partial charge in [0.15, 0.2) is 0 Å². The van der Waals surface area contributed by atoms with Crippen molar-refractivity contribution < 1.29 is 4.39 Å². The molecule has 0 aliphatic rings. The zero-order valence-electron chi connectivity index (χ0n) is 10.8. The van der Waals surface area contributed by atoms with E-state index in [1.165, 1.54) is 23.6 Å². The van der Waals surface area contributed by atoms with Gasteiger partial charge < -0.3 is 0 Å². The monoisotopic (exact) mass is 341 g/mol. The quantitative estimate of drug-likeness (QED) is 0.650. The molecule has 0 saturated heterocycles. The SMILES string of the molecule is Fc1cc(-c2nc(CCl)cs2)ccc1Cn1cc(Cl)cn1. The molecular formula is C14H10Cl2FN3S. The molecule has 0 atom stereocenters. The fourth-order valence-electron chi connectivity index (χ4n) is 1.91. The van der Waals surface area contributed by atoms with Crippen molar-refractivity contribution >= 4 is 34.5 Å². The van der Waals surface area contributed by atoms with Crippen molar-refractivity contribution in [2.45, 2.75) is 12.4 Å². The Morgan fingerprint density at radius 1 is 1.33 bits per heavy atom. The van der Waals surface area contributed by atoms with Crippen LogP contribution >= 0.6 is 34.5 Å². The lowest BCUT2D eigenvalue weighted by Crippen LogP contribution is -2.02. The molecule has 0 fully saturated rings. The molecule has 0 aliphatic carbocycles. The Hall–Kier alpha value is -1.43. The van der Waals surface area contributed by atoms with Crippen LogP contribution in [0.5, 0.6) is 0 Å². The van der Waals surface area contributed by atoms with Gasteiger partial charge in [-0.15, -0.1) is 22.9 Å². The van der Waals surface area contributed by atoms with Crippen molar-refractivity contribution in [3.8, 4) is 10.6 Å². The van der Waals surface area contributed by atoms with Gasteiger partial charge >= 0.3 is 0 Å². The van der Waals surface area contributed by atoms with Gasteiger partial charge in [0.25, 0.3) is 0 Å². The standard InChI is InChI=1S/C14H10Cl2FN3S/c15-4-12-8-21-14(19-12)9-1-2-10(13(17)3-9)6-20-7-11(16)5-18-20/h1-3,5,7-8H,4,6H2. The molecule has 0 saturated carbocycles. The molecule has 0 spiro atoms. The zero-order chi connectivity index (χ0) is 14.8. The minimum Gasteiger partial charge on any atom is -0.267 e. The summed E-state index contributed by atoms with van der Waals surface area (Å²) in [6, 6.07) is 5.07. The second kappa shape index (κ2) is 6.13. The van der Waals surface area contributed by atoms with Crippen LogP contribution in [-0.2, 0) is 12.4 Å². The predicted octanol–water partition coefficient (Wildman–Crippen LogP) is 4.59. The van der Waals surface area contributed by atoms with Crippen LogP contribution in [0.2, 0.25) is 5.02 Å². The van der Waals surface area contributed by atoms with E-state index in [-0.39, 0.29) is 5.82 Å². The van der Waals surface area contributed by atoms with Crippen molar-refractivity contribution in [2.75, 3.05) is 0 Å². The average molecular weight is 342 g/mol. The molecule has 3 aromatic rings. The Kier molecular flexibility index (Phi) is 4.24. The van der Waals surface area contributed by atoms with Crippen LogP contribution in [0.4, 0.5) is 4.39 Å². The van der Waals surface area contributed by atoms with E-state index in [9.17, 15) is 4.39 Å². The fourth-order valence-corrected chi connectivity index (χ4v) is 3.11. The number of thiazole rings is 1. The summed E-state index contributed by atoms with van der Waals surface area (Å²) in [5.41, 5.74) is 2.09. The Balaban J connectivity index is 1.85. The largest absolute Gasteiger partial charge is 0.267 e. The molecule has 0 unspecified atom stereocenters. The van der Waals surface area contributed by atoms with Crippen LogP contribution < -0.4 is 0 Å². The topological polar surface area (TPSA) is 30.7 Å². The van der Waals surface area contributed by atoms with E-state index >= 15 is 0 Å². The lowest BCUT2D eigenvalue weighted by atomic mass is 10.1. The maximum atomic E-state index is 14.2. The van der Waals surface area contributed by atoms with Crippen molar-refractivity contribution in [2.24, 2.45) is 0 Å². The summed E-state index contributed by atoms with van der Waals surface area (Å²) in [6.45, 7) is 0.337. The van der Waals surface area contributed by atoms with E-state index in [1.54, 1.807) is 16.9 Å².